The normalized spacial score (nSPS) is 11.0. The van der Waals surface area contributed by atoms with Gasteiger partial charge in [0.25, 0.3) is 0 Å². The van der Waals surface area contributed by atoms with Crippen LogP contribution in [0.15, 0.2) is 39.1 Å². The van der Waals surface area contributed by atoms with Gasteiger partial charge in [0, 0.05) is 12.3 Å². The average Bonchev–Trinajstić information content (AvgIpc) is 2.85. The van der Waals surface area contributed by atoms with Crippen LogP contribution in [-0.4, -0.2) is 26.5 Å². The van der Waals surface area contributed by atoms with E-state index >= 15 is 0 Å². The number of nitrogens with one attached hydrogen (secondary N) is 1. The van der Waals surface area contributed by atoms with Gasteiger partial charge >= 0.3 is 0 Å². The Hall–Kier alpha value is -1.31. The number of H-pyrrole nitrogens is 1. The smallest absolute Gasteiger partial charge is 0.223 e. The van der Waals surface area contributed by atoms with E-state index in [-0.39, 0.29) is 5.28 Å². The maximum Gasteiger partial charge on any atom is 0.223 e. The van der Waals surface area contributed by atoms with Crippen LogP contribution in [0.3, 0.4) is 0 Å². The van der Waals surface area contributed by atoms with Crippen LogP contribution in [0.4, 0.5) is 0 Å². The average molecular weight is 386 g/mol. The summed E-state index contributed by atoms with van der Waals surface area (Å²) in [5.41, 5.74) is 1.79. The molecule has 8 heteroatoms. The second kappa shape index (κ2) is 6.21. The number of hydrogen-bond donors (Lipinski definition) is 1. The van der Waals surface area contributed by atoms with Crippen molar-refractivity contribution in [3.05, 3.63) is 34.2 Å². The van der Waals surface area contributed by atoms with Gasteiger partial charge in [-0.2, -0.15) is 0 Å². The molecule has 0 aliphatic rings. The molecule has 0 amide bonds. The zero-order chi connectivity index (χ0) is 14.8. The molecule has 0 bridgehead atoms. The zero-order valence-electron chi connectivity index (χ0n) is 10.9. The minimum absolute atomic E-state index is 0.204. The van der Waals surface area contributed by atoms with E-state index in [0.717, 1.165) is 26.4 Å². The molecule has 0 aliphatic heterocycles. The number of rotatable bonds is 4. The van der Waals surface area contributed by atoms with Gasteiger partial charge in [0.15, 0.2) is 5.16 Å². The molecule has 0 fully saturated rings. The number of aromatic amines is 1. The highest BCUT2D eigenvalue weighted by atomic mass is 79.9. The molecule has 0 saturated heterocycles. The number of halogens is 2. The summed E-state index contributed by atoms with van der Waals surface area (Å²) in [6.45, 7) is 2.59. The van der Waals surface area contributed by atoms with Crippen LogP contribution in [0.5, 0.6) is 5.75 Å². The van der Waals surface area contributed by atoms with Gasteiger partial charge in [-0.15, -0.1) is 0 Å². The molecule has 0 radical (unpaired) electrons. The van der Waals surface area contributed by atoms with E-state index in [2.05, 4.69) is 35.9 Å². The number of nitrogens with zero attached hydrogens (tertiary/aromatic N) is 3. The molecular weight excluding hydrogens is 376 g/mol. The molecule has 0 atom stereocenters. The first-order chi connectivity index (χ1) is 10.2. The van der Waals surface area contributed by atoms with Crippen molar-refractivity contribution < 1.29 is 4.74 Å². The van der Waals surface area contributed by atoms with Crippen molar-refractivity contribution >= 4 is 50.3 Å². The molecule has 3 rings (SSSR count). The molecule has 3 aromatic rings. The number of imidazole rings is 1. The third-order valence-corrected chi connectivity index (χ3v) is 4.53. The van der Waals surface area contributed by atoms with Crippen LogP contribution in [0, 0.1) is 0 Å². The van der Waals surface area contributed by atoms with Crippen LogP contribution in [0.2, 0.25) is 5.28 Å². The maximum atomic E-state index is 5.81. The van der Waals surface area contributed by atoms with Gasteiger partial charge in [-0.3, -0.25) is 0 Å². The quantitative estimate of drug-likeness (QED) is 0.535. The maximum absolute atomic E-state index is 5.81. The Morgan fingerprint density at radius 2 is 2.24 bits per heavy atom. The van der Waals surface area contributed by atoms with Crippen molar-refractivity contribution in [1.29, 1.82) is 0 Å². The molecule has 2 aromatic heterocycles. The molecule has 1 N–H and O–H groups in total. The summed E-state index contributed by atoms with van der Waals surface area (Å²) >= 11 is 10.6. The van der Waals surface area contributed by atoms with Crippen LogP contribution in [0.25, 0.3) is 11.0 Å². The fraction of sp³-hybridized carbons (Fsp3) is 0.154. The first-order valence-electron chi connectivity index (χ1n) is 6.14. The Labute approximate surface area is 138 Å². The first kappa shape index (κ1) is 14.6. The van der Waals surface area contributed by atoms with E-state index in [1.165, 1.54) is 11.8 Å². The van der Waals surface area contributed by atoms with Crippen molar-refractivity contribution in [2.45, 2.75) is 17.1 Å². The van der Waals surface area contributed by atoms with Crippen LogP contribution < -0.4 is 4.74 Å². The molecule has 108 valence electrons. The standard InChI is InChI=1S/C13H10BrClN4OS/c1-2-20-7-3-4-9-10(5-7)18-13(17-9)21-11-8(14)6-16-12(15)19-11/h3-6H,2H2,1H3,(H,17,18). The van der Waals surface area contributed by atoms with Gasteiger partial charge < -0.3 is 9.72 Å². The minimum atomic E-state index is 0.204. The third-order valence-electron chi connectivity index (χ3n) is 2.62. The van der Waals surface area contributed by atoms with Gasteiger partial charge in [0.05, 0.1) is 22.1 Å². The lowest BCUT2D eigenvalue weighted by molar-refractivity contribution is 0.340. The predicted molar refractivity (Wildman–Crippen MR) is 86.1 cm³/mol. The number of hydrogen-bond acceptors (Lipinski definition) is 5. The highest BCUT2D eigenvalue weighted by Crippen LogP contribution is 2.32. The number of aromatic nitrogens is 4. The van der Waals surface area contributed by atoms with Crippen molar-refractivity contribution in [2.75, 3.05) is 6.61 Å². The largest absolute Gasteiger partial charge is 0.494 e. The molecule has 21 heavy (non-hydrogen) atoms. The van der Waals surface area contributed by atoms with Crippen LogP contribution >= 0.6 is 39.3 Å². The summed E-state index contributed by atoms with van der Waals surface area (Å²) in [6, 6.07) is 5.75. The van der Waals surface area contributed by atoms with E-state index in [1.807, 2.05) is 25.1 Å². The lowest BCUT2D eigenvalue weighted by atomic mass is 10.3. The Morgan fingerprint density at radius 1 is 1.38 bits per heavy atom. The van der Waals surface area contributed by atoms with E-state index in [0.29, 0.717) is 11.6 Å². The van der Waals surface area contributed by atoms with E-state index in [4.69, 9.17) is 16.3 Å². The lowest BCUT2D eigenvalue weighted by Gasteiger charge is -2.01. The van der Waals surface area contributed by atoms with Gasteiger partial charge in [-0.1, -0.05) is 0 Å². The Bertz CT molecular complexity index is 795. The molecule has 5 nitrogen and oxygen atoms in total. The van der Waals surface area contributed by atoms with Gasteiger partial charge in [-0.05, 0) is 58.3 Å². The fourth-order valence-electron chi connectivity index (χ4n) is 1.76. The van der Waals surface area contributed by atoms with Crippen molar-refractivity contribution in [2.24, 2.45) is 0 Å². The van der Waals surface area contributed by atoms with Crippen LogP contribution in [0.1, 0.15) is 6.92 Å². The molecule has 0 unspecified atom stereocenters. The Balaban J connectivity index is 1.92. The van der Waals surface area contributed by atoms with E-state index in [9.17, 15) is 0 Å². The summed E-state index contributed by atoms with van der Waals surface area (Å²) in [5.74, 6) is 0.816. The Morgan fingerprint density at radius 3 is 3.05 bits per heavy atom. The van der Waals surface area contributed by atoms with Gasteiger partial charge in [0.2, 0.25) is 5.28 Å². The predicted octanol–water partition coefficient (Wildman–Crippen LogP) is 4.32. The van der Waals surface area contributed by atoms with Crippen molar-refractivity contribution in [3.63, 3.8) is 0 Å². The molecule has 0 spiro atoms. The summed E-state index contributed by atoms with van der Waals surface area (Å²) < 4.78 is 6.25. The molecular formula is C13H10BrClN4OS. The number of benzene rings is 1. The third kappa shape index (κ3) is 3.30. The molecule has 2 heterocycles. The topological polar surface area (TPSA) is 63.7 Å². The van der Waals surface area contributed by atoms with Crippen molar-refractivity contribution in [3.8, 4) is 5.75 Å². The lowest BCUT2D eigenvalue weighted by Crippen LogP contribution is -1.90. The summed E-state index contributed by atoms with van der Waals surface area (Å²) in [6.07, 6.45) is 1.62. The first-order valence-corrected chi connectivity index (χ1v) is 8.13. The van der Waals surface area contributed by atoms with Crippen molar-refractivity contribution in [1.82, 2.24) is 19.9 Å². The molecule has 0 saturated carbocycles. The summed E-state index contributed by atoms with van der Waals surface area (Å²) in [7, 11) is 0. The second-order valence-corrected chi connectivity index (χ2v) is 6.22. The summed E-state index contributed by atoms with van der Waals surface area (Å²) in [4.78, 5) is 15.8. The SMILES string of the molecule is CCOc1ccc2nc(Sc3nc(Cl)ncc3Br)[nH]c2c1. The number of fused-ring (bicyclic) bond motifs is 1. The highest BCUT2D eigenvalue weighted by molar-refractivity contribution is 9.10. The number of ether oxygens (including phenoxy) is 1. The second-order valence-electron chi connectivity index (χ2n) is 4.05. The van der Waals surface area contributed by atoms with Gasteiger partial charge in [-0.25, -0.2) is 15.0 Å². The van der Waals surface area contributed by atoms with E-state index < -0.39 is 0 Å². The van der Waals surface area contributed by atoms with E-state index in [1.54, 1.807) is 6.20 Å². The Kier molecular flexibility index (Phi) is 4.32. The zero-order valence-corrected chi connectivity index (χ0v) is 14.1. The fourth-order valence-corrected chi connectivity index (χ4v) is 3.15. The molecule has 1 aromatic carbocycles. The van der Waals surface area contributed by atoms with Gasteiger partial charge in [0.1, 0.15) is 10.8 Å². The highest BCUT2D eigenvalue weighted by Gasteiger charge is 2.10. The van der Waals surface area contributed by atoms with Crippen LogP contribution in [-0.2, 0) is 0 Å². The molecule has 0 aliphatic carbocycles. The minimum Gasteiger partial charge on any atom is -0.494 e. The monoisotopic (exact) mass is 384 g/mol. The summed E-state index contributed by atoms with van der Waals surface area (Å²) in [5, 5.41) is 1.64.